The summed E-state index contributed by atoms with van der Waals surface area (Å²) >= 11 is 0. The van der Waals surface area contributed by atoms with E-state index in [4.69, 9.17) is 10.5 Å². The summed E-state index contributed by atoms with van der Waals surface area (Å²) in [6, 6.07) is -0.338. The van der Waals surface area contributed by atoms with Gasteiger partial charge in [0.2, 0.25) is 0 Å². The summed E-state index contributed by atoms with van der Waals surface area (Å²) in [6.45, 7) is 6.62. The molecule has 0 radical (unpaired) electrons. The van der Waals surface area contributed by atoms with E-state index in [9.17, 15) is 4.79 Å². The van der Waals surface area contributed by atoms with Crippen molar-refractivity contribution in [2.24, 2.45) is 11.7 Å². The predicted molar refractivity (Wildman–Crippen MR) is 51.4 cm³/mol. The van der Waals surface area contributed by atoms with Crippen molar-refractivity contribution in [3.05, 3.63) is 0 Å². The molecule has 1 aliphatic rings. The molecule has 0 aliphatic carbocycles. The molecule has 0 amide bonds. The molecule has 1 fully saturated rings. The van der Waals surface area contributed by atoms with Crippen LogP contribution in [0.4, 0.5) is 0 Å². The van der Waals surface area contributed by atoms with E-state index in [-0.39, 0.29) is 11.8 Å². The van der Waals surface area contributed by atoms with Gasteiger partial charge in [-0.15, -0.1) is 0 Å². The molecule has 1 rings (SSSR count). The Hall–Kier alpha value is -0.410. The van der Waals surface area contributed by atoms with Crippen LogP contribution in [-0.2, 0) is 9.53 Å². The lowest BCUT2D eigenvalue weighted by Crippen LogP contribution is -2.39. The van der Waals surface area contributed by atoms with Gasteiger partial charge in [-0.25, -0.2) is 0 Å². The lowest BCUT2D eigenvalue weighted by Gasteiger charge is -2.13. The number of hydrogen-bond acceptors (Lipinski definition) is 3. The fraction of sp³-hybridized carbons (Fsp3) is 0.900. The van der Waals surface area contributed by atoms with Gasteiger partial charge >= 0.3 is 0 Å². The van der Waals surface area contributed by atoms with Crippen molar-refractivity contribution >= 4 is 5.78 Å². The van der Waals surface area contributed by atoms with Gasteiger partial charge in [0.1, 0.15) is 5.60 Å². The number of ether oxygens (including phenoxy) is 1. The molecular weight excluding hydrogens is 166 g/mol. The molecule has 76 valence electrons. The lowest BCUT2D eigenvalue weighted by molar-refractivity contribution is -0.125. The monoisotopic (exact) mass is 185 g/mol. The lowest BCUT2D eigenvalue weighted by atomic mass is 9.95. The number of nitrogens with two attached hydrogens (primary N) is 1. The third-order valence-corrected chi connectivity index (χ3v) is 2.49. The van der Waals surface area contributed by atoms with Crippen molar-refractivity contribution in [1.29, 1.82) is 0 Å². The molecule has 2 N–H and O–H groups in total. The molecule has 3 nitrogen and oxygen atoms in total. The number of ketones is 1. The van der Waals surface area contributed by atoms with Crippen molar-refractivity contribution in [3.63, 3.8) is 0 Å². The number of carbonyl (C=O) groups excluding carboxylic acids is 1. The predicted octanol–water partition coefficient (Wildman–Crippen LogP) is 1.11. The number of rotatable bonds is 5. The first kappa shape index (κ1) is 10.7. The highest BCUT2D eigenvalue weighted by molar-refractivity contribution is 5.93. The Bertz CT molecular complexity index is 197. The molecule has 2 atom stereocenters. The molecule has 1 heterocycles. The topological polar surface area (TPSA) is 55.6 Å². The zero-order valence-electron chi connectivity index (χ0n) is 8.67. The minimum atomic E-state index is -0.545. The third kappa shape index (κ3) is 2.78. The molecule has 13 heavy (non-hydrogen) atoms. The van der Waals surface area contributed by atoms with Crippen molar-refractivity contribution in [3.8, 4) is 0 Å². The highest BCUT2D eigenvalue weighted by Crippen LogP contribution is 2.28. The van der Waals surface area contributed by atoms with Crippen molar-refractivity contribution in [2.75, 3.05) is 6.61 Å². The maximum Gasteiger partial charge on any atom is 0.183 e. The van der Waals surface area contributed by atoms with Gasteiger partial charge in [0.25, 0.3) is 0 Å². The van der Waals surface area contributed by atoms with Crippen LogP contribution in [0.15, 0.2) is 0 Å². The molecule has 1 saturated heterocycles. The van der Waals surface area contributed by atoms with E-state index in [1.807, 2.05) is 6.92 Å². The van der Waals surface area contributed by atoms with Crippen molar-refractivity contribution in [2.45, 2.75) is 45.3 Å². The largest absolute Gasteiger partial charge is 0.362 e. The second-order valence-electron chi connectivity index (χ2n) is 4.46. The van der Waals surface area contributed by atoms with Crippen LogP contribution in [0.3, 0.4) is 0 Å². The average molecular weight is 185 g/mol. The van der Waals surface area contributed by atoms with Crippen LogP contribution in [0.2, 0.25) is 0 Å². The number of Topliss-reactive ketones (excluding diaryl/α,β-unsaturated/α-hetero) is 1. The highest BCUT2D eigenvalue weighted by Gasteiger charge is 2.48. The zero-order valence-corrected chi connectivity index (χ0v) is 8.67. The van der Waals surface area contributed by atoms with E-state index in [1.165, 1.54) is 0 Å². The molecule has 0 aromatic heterocycles. The van der Waals surface area contributed by atoms with Gasteiger partial charge < -0.3 is 10.5 Å². The fourth-order valence-corrected chi connectivity index (χ4v) is 1.29. The Morgan fingerprint density at radius 1 is 1.54 bits per heavy atom. The fourth-order valence-electron chi connectivity index (χ4n) is 1.29. The molecule has 0 unspecified atom stereocenters. The molecule has 0 aromatic carbocycles. The molecule has 0 saturated carbocycles. The number of epoxide rings is 1. The summed E-state index contributed by atoms with van der Waals surface area (Å²) in [6.07, 6.45) is 1.78. The van der Waals surface area contributed by atoms with Gasteiger partial charge in [-0.1, -0.05) is 13.8 Å². The first-order valence-electron chi connectivity index (χ1n) is 4.89. The normalized spacial score (nSPS) is 29.0. The molecule has 0 spiro atoms. The van der Waals surface area contributed by atoms with Gasteiger partial charge in [-0.05, 0) is 25.7 Å². The minimum Gasteiger partial charge on any atom is -0.362 e. The minimum absolute atomic E-state index is 0.0631. The van der Waals surface area contributed by atoms with Gasteiger partial charge in [0.15, 0.2) is 5.78 Å². The summed E-state index contributed by atoms with van der Waals surface area (Å²) in [4.78, 5) is 11.6. The first-order valence-corrected chi connectivity index (χ1v) is 4.89. The van der Waals surface area contributed by atoms with Crippen LogP contribution in [-0.4, -0.2) is 24.0 Å². The van der Waals surface area contributed by atoms with E-state index < -0.39 is 5.60 Å². The summed E-state index contributed by atoms with van der Waals surface area (Å²) in [7, 11) is 0. The summed E-state index contributed by atoms with van der Waals surface area (Å²) in [5, 5.41) is 0. The van der Waals surface area contributed by atoms with Gasteiger partial charge in [-0.3, -0.25) is 4.79 Å². The second-order valence-corrected chi connectivity index (χ2v) is 4.46. The Labute approximate surface area is 79.6 Å². The molecule has 0 bridgehead atoms. The van der Waals surface area contributed by atoms with Crippen LogP contribution in [0.1, 0.15) is 33.6 Å². The van der Waals surface area contributed by atoms with E-state index in [0.29, 0.717) is 12.5 Å². The van der Waals surface area contributed by atoms with E-state index in [0.717, 1.165) is 12.8 Å². The first-order chi connectivity index (χ1) is 5.96. The molecule has 1 aliphatic heterocycles. The number of carbonyl (C=O) groups is 1. The molecule has 3 heteroatoms. The van der Waals surface area contributed by atoms with Gasteiger partial charge in [0, 0.05) is 0 Å². The van der Waals surface area contributed by atoms with E-state index in [2.05, 4.69) is 13.8 Å². The second kappa shape index (κ2) is 3.76. The quantitative estimate of drug-likeness (QED) is 0.653. The van der Waals surface area contributed by atoms with Gasteiger partial charge in [-0.2, -0.15) is 0 Å². The van der Waals surface area contributed by atoms with Crippen LogP contribution >= 0.6 is 0 Å². The van der Waals surface area contributed by atoms with Crippen molar-refractivity contribution in [1.82, 2.24) is 0 Å². The Morgan fingerprint density at radius 2 is 2.08 bits per heavy atom. The summed E-state index contributed by atoms with van der Waals surface area (Å²) in [5.41, 5.74) is 5.22. The Balaban J connectivity index is 2.30. The van der Waals surface area contributed by atoms with Crippen LogP contribution in [0.5, 0.6) is 0 Å². The highest BCUT2D eigenvalue weighted by atomic mass is 16.6. The smallest absolute Gasteiger partial charge is 0.183 e. The maximum atomic E-state index is 11.6. The van der Waals surface area contributed by atoms with E-state index in [1.54, 1.807) is 0 Å². The standard InChI is InChI=1S/C10H19NO2/c1-7(2)4-5-8(11)9(12)10(3)6-13-10/h7-8H,4-6,11H2,1-3H3/t8-,10+/m0/s1. The van der Waals surface area contributed by atoms with Crippen LogP contribution in [0, 0.1) is 5.92 Å². The summed E-state index contributed by atoms with van der Waals surface area (Å²) < 4.78 is 5.06. The summed E-state index contributed by atoms with van der Waals surface area (Å²) in [5.74, 6) is 0.667. The third-order valence-electron chi connectivity index (χ3n) is 2.49. The number of hydrogen-bond donors (Lipinski definition) is 1. The SMILES string of the molecule is CC(C)CC[C@H](N)C(=O)[C@@]1(C)CO1. The maximum absolute atomic E-state index is 11.6. The van der Waals surface area contributed by atoms with Crippen LogP contribution < -0.4 is 5.73 Å². The van der Waals surface area contributed by atoms with Crippen molar-refractivity contribution < 1.29 is 9.53 Å². The Morgan fingerprint density at radius 3 is 2.46 bits per heavy atom. The van der Waals surface area contributed by atoms with Crippen LogP contribution in [0.25, 0.3) is 0 Å². The average Bonchev–Trinajstić information content (AvgIpc) is 2.79. The molecule has 0 aromatic rings. The Kier molecular flexibility index (Phi) is 3.09. The molecular formula is C10H19NO2. The van der Waals surface area contributed by atoms with E-state index >= 15 is 0 Å². The zero-order chi connectivity index (χ0) is 10.1. The van der Waals surface area contributed by atoms with Gasteiger partial charge in [0.05, 0.1) is 12.6 Å².